The van der Waals surface area contributed by atoms with Gasteiger partial charge in [-0.2, -0.15) is 0 Å². The number of hydrogen-bond acceptors (Lipinski definition) is 2. The SMILES string of the molecule is CCN(Cc1c(F)ccc(F)c1Br)C(=O)OC(C)(C)C. The van der Waals surface area contributed by atoms with Crippen LogP contribution in [0.5, 0.6) is 0 Å². The van der Waals surface area contributed by atoms with E-state index in [2.05, 4.69) is 15.9 Å². The van der Waals surface area contributed by atoms with Crippen LogP contribution >= 0.6 is 15.9 Å². The number of rotatable bonds is 3. The fourth-order valence-corrected chi connectivity index (χ4v) is 1.98. The zero-order valence-electron chi connectivity index (χ0n) is 12.0. The third kappa shape index (κ3) is 4.44. The highest BCUT2D eigenvalue weighted by molar-refractivity contribution is 9.10. The number of amides is 1. The summed E-state index contributed by atoms with van der Waals surface area (Å²) in [5.74, 6) is -1.14. The molecule has 0 aliphatic rings. The number of nitrogens with zero attached hydrogens (tertiary/aromatic N) is 1. The highest BCUT2D eigenvalue weighted by Crippen LogP contribution is 2.25. The lowest BCUT2D eigenvalue weighted by atomic mass is 10.2. The average Bonchev–Trinajstić information content (AvgIpc) is 2.32. The second kappa shape index (κ2) is 6.52. The molecular weight excluding hydrogens is 332 g/mol. The Morgan fingerprint density at radius 1 is 1.30 bits per heavy atom. The van der Waals surface area contributed by atoms with Crippen molar-refractivity contribution in [2.45, 2.75) is 39.8 Å². The first-order valence-corrected chi connectivity index (χ1v) is 7.05. The van der Waals surface area contributed by atoms with Gasteiger partial charge in [0.25, 0.3) is 0 Å². The third-order valence-corrected chi connectivity index (χ3v) is 3.38. The van der Waals surface area contributed by atoms with Crippen LogP contribution in [-0.2, 0) is 11.3 Å². The van der Waals surface area contributed by atoms with Gasteiger partial charge in [0.15, 0.2) is 0 Å². The third-order valence-electron chi connectivity index (χ3n) is 2.52. The zero-order valence-corrected chi connectivity index (χ0v) is 13.6. The lowest BCUT2D eigenvalue weighted by Crippen LogP contribution is -2.36. The second-order valence-corrected chi connectivity index (χ2v) is 6.11. The van der Waals surface area contributed by atoms with E-state index in [1.54, 1.807) is 27.7 Å². The average molecular weight is 350 g/mol. The summed E-state index contributed by atoms with van der Waals surface area (Å²) in [6.45, 7) is 7.26. The van der Waals surface area contributed by atoms with Gasteiger partial charge < -0.3 is 9.64 Å². The quantitative estimate of drug-likeness (QED) is 0.752. The van der Waals surface area contributed by atoms with E-state index in [9.17, 15) is 13.6 Å². The summed E-state index contributed by atoms with van der Waals surface area (Å²) < 4.78 is 32.4. The van der Waals surface area contributed by atoms with Gasteiger partial charge in [0.05, 0.1) is 11.0 Å². The Bertz CT molecular complexity index is 501. The Labute approximate surface area is 126 Å². The van der Waals surface area contributed by atoms with E-state index >= 15 is 0 Å². The molecule has 0 saturated heterocycles. The standard InChI is InChI=1S/C14H18BrF2NO2/c1-5-18(13(19)20-14(2,3)4)8-9-10(16)6-7-11(17)12(9)15/h6-7H,5,8H2,1-4H3. The van der Waals surface area contributed by atoms with Crippen molar-refractivity contribution >= 4 is 22.0 Å². The molecule has 0 atom stereocenters. The van der Waals surface area contributed by atoms with E-state index in [4.69, 9.17) is 4.74 Å². The van der Waals surface area contributed by atoms with E-state index in [1.807, 2.05) is 0 Å². The molecule has 1 amide bonds. The highest BCUT2D eigenvalue weighted by atomic mass is 79.9. The Balaban J connectivity index is 2.95. The number of halogens is 3. The number of hydrogen-bond donors (Lipinski definition) is 0. The molecule has 0 heterocycles. The molecule has 20 heavy (non-hydrogen) atoms. The van der Waals surface area contributed by atoms with Crippen molar-refractivity contribution in [3.8, 4) is 0 Å². The molecule has 1 rings (SSSR count). The summed E-state index contributed by atoms with van der Waals surface area (Å²) in [5.41, 5.74) is -0.542. The molecule has 0 spiro atoms. The van der Waals surface area contributed by atoms with Crippen molar-refractivity contribution in [2.75, 3.05) is 6.54 Å². The van der Waals surface area contributed by atoms with Gasteiger partial charge in [0.1, 0.15) is 17.2 Å². The van der Waals surface area contributed by atoms with Gasteiger partial charge in [0, 0.05) is 12.1 Å². The molecule has 0 aromatic heterocycles. The van der Waals surface area contributed by atoms with Crippen molar-refractivity contribution in [2.24, 2.45) is 0 Å². The Morgan fingerprint density at radius 2 is 1.85 bits per heavy atom. The molecule has 6 heteroatoms. The molecule has 3 nitrogen and oxygen atoms in total. The van der Waals surface area contributed by atoms with Gasteiger partial charge in [0.2, 0.25) is 0 Å². The van der Waals surface area contributed by atoms with E-state index in [0.29, 0.717) is 6.54 Å². The minimum absolute atomic E-state index is 0.0273. The van der Waals surface area contributed by atoms with Crippen molar-refractivity contribution in [1.82, 2.24) is 4.90 Å². The Hall–Kier alpha value is -1.17. The topological polar surface area (TPSA) is 29.5 Å². The molecule has 0 radical (unpaired) electrons. The molecule has 0 fully saturated rings. The summed E-state index contributed by atoms with van der Waals surface area (Å²) >= 11 is 3.01. The number of carbonyl (C=O) groups excluding carboxylic acids is 1. The first kappa shape index (κ1) is 16.9. The van der Waals surface area contributed by atoms with Gasteiger partial charge in [-0.05, 0) is 55.8 Å². The fourth-order valence-electron chi connectivity index (χ4n) is 1.54. The van der Waals surface area contributed by atoms with Gasteiger partial charge in [-0.1, -0.05) is 0 Å². The van der Waals surface area contributed by atoms with Crippen LogP contribution in [0.15, 0.2) is 16.6 Å². The summed E-state index contributed by atoms with van der Waals surface area (Å²) in [6, 6.07) is 2.07. The molecule has 1 aromatic carbocycles. The van der Waals surface area contributed by atoms with Crippen LogP contribution in [0.25, 0.3) is 0 Å². The number of ether oxygens (including phenoxy) is 1. The first-order chi connectivity index (χ1) is 9.15. The van der Waals surface area contributed by atoms with Gasteiger partial charge in [-0.15, -0.1) is 0 Å². The van der Waals surface area contributed by atoms with Crippen molar-refractivity contribution in [3.05, 3.63) is 33.8 Å². The molecule has 0 aliphatic carbocycles. The van der Waals surface area contributed by atoms with E-state index in [-0.39, 0.29) is 16.6 Å². The normalized spacial score (nSPS) is 11.3. The minimum Gasteiger partial charge on any atom is -0.444 e. The summed E-state index contributed by atoms with van der Waals surface area (Å²) in [4.78, 5) is 13.3. The van der Waals surface area contributed by atoms with Crippen LogP contribution in [0.4, 0.5) is 13.6 Å². The maximum atomic E-state index is 13.8. The highest BCUT2D eigenvalue weighted by Gasteiger charge is 2.23. The monoisotopic (exact) mass is 349 g/mol. The summed E-state index contributed by atoms with van der Waals surface area (Å²) in [6.07, 6.45) is -0.560. The van der Waals surface area contributed by atoms with E-state index in [1.165, 1.54) is 4.90 Å². The van der Waals surface area contributed by atoms with Crippen molar-refractivity contribution in [3.63, 3.8) is 0 Å². The second-order valence-electron chi connectivity index (χ2n) is 5.32. The largest absolute Gasteiger partial charge is 0.444 e. The molecule has 0 aliphatic heterocycles. The molecule has 0 saturated carbocycles. The maximum Gasteiger partial charge on any atom is 0.410 e. The van der Waals surface area contributed by atoms with Crippen LogP contribution in [0.1, 0.15) is 33.3 Å². The van der Waals surface area contributed by atoms with Crippen LogP contribution in [0.2, 0.25) is 0 Å². The Morgan fingerprint density at radius 3 is 2.35 bits per heavy atom. The lowest BCUT2D eigenvalue weighted by Gasteiger charge is -2.27. The van der Waals surface area contributed by atoms with Gasteiger partial charge in [-0.3, -0.25) is 0 Å². The predicted octanol–water partition coefficient (Wildman–Crippen LogP) is 4.48. The molecule has 0 unspecified atom stereocenters. The number of benzene rings is 1. The van der Waals surface area contributed by atoms with Crippen LogP contribution < -0.4 is 0 Å². The molecule has 112 valence electrons. The fraction of sp³-hybridized carbons (Fsp3) is 0.500. The van der Waals surface area contributed by atoms with Gasteiger partial charge >= 0.3 is 6.09 Å². The minimum atomic E-state index is -0.637. The van der Waals surface area contributed by atoms with Crippen molar-refractivity contribution < 1.29 is 18.3 Å². The maximum absolute atomic E-state index is 13.8. The summed E-state index contributed by atoms with van der Waals surface area (Å²) in [5, 5.41) is 0. The molecule has 0 bridgehead atoms. The smallest absolute Gasteiger partial charge is 0.410 e. The van der Waals surface area contributed by atoms with E-state index < -0.39 is 23.3 Å². The predicted molar refractivity (Wildman–Crippen MR) is 76.4 cm³/mol. The van der Waals surface area contributed by atoms with Gasteiger partial charge in [-0.25, -0.2) is 13.6 Å². The number of carbonyl (C=O) groups is 1. The molecule has 1 aromatic rings. The summed E-state index contributed by atoms with van der Waals surface area (Å²) in [7, 11) is 0. The first-order valence-electron chi connectivity index (χ1n) is 6.26. The van der Waals surface area contributed by atoms with E-state index in [0.717, 1.165) is 12.1 Å². The van der Waals surface area contributed by atoms with Crippen LogP contribution in [0.3, 0.4) is 0 Å². The van der Waals surface area contributed by atoms with Crippen molar-refractivity contribution in [1.29, 1.82) is 0 Å². The molecular formula is C14H18BrF2NO2. The van der Waals surface area contributed by atoms with Crippen LogP contribution in [0, 0.1) is 11.6 Å². The van der Waals surface area contributed by atoms with Crippen LogP contribution in [-0.4, -0.2) is 23.1 Å². The Kier molecular flexibility index (Phi) is 5.50. The zero-order chi connectivity index (χ0) is 15.5. The lowest BCUT2D eigenvalue weighted by molar-refractivity contribution is 0.0242. The molecule has 0 N–H and O–H groups in total.